The number of benzene rings is 2. The van der Waals surface area contributed by atoms with E-state index in [1.807, 2.05) is 18.2 Å². The summed E-state index contributed by atoms with van der Waals surface area (Å²) in [6.45, 7) is 0.312. The monoisotopic (exact) mass is 327 g/mol. The minimum atomic E-state index is -2.47. The lowest BCUT2D eigenvalue weighted by Gasteiger charge is -2.07. The third-order valence-corrected chi connectivity index (χ3v) is 3.83. The number of rotatable bonds is 5. The zero-order valence-electron chi connectivity index (χ0n) is 10.9. The van der Waals surface area contributed by atoms with Crippen LogP contribution < -0.4 is 5.32 Å². The number of nitrogens with one attached hydrogen (secondary N) is 1. The van der Waals surface area contributed by atoms with Crippen molar-refractivity contribution in [2.75, 3.05) is 0 Å². The molecule has 2 aromatic carbocycles. The molecule has 110 valence electrons. The summed E-state index contributed by atoms with van der Waals surface area (Å²) in [6, 6.07) is 13.3. The van der Waals surface area contributed by atoms with Gasteiger partial charge in [0.05, 0.1) is 0 Å². The molecule has 0 radical (unpaired) electrons. The second-order valence-corrected chi connectivity index (χ2v) is 5.65. The largest absolute Gasteiger partial charge is 0.348 e. The molecule has 0 bridgehead atoms. The van der Waals surface area contributed by atoms with Crippen molar-refractivity contribution >= 4 is 29.3 Å². The minimum Gasteiger partial charge on any atom is -0.348 e. The predicted molar refractivity (Wildman–Crippen MR) is 80.9 cm³/mol. The van der Waals surface area contributed by atoms with Crippen LogP contribution in [0.2, 0.25) is 5.02 Å². The van der Waals surface area contributed by atoms with Gasteiger partial charge in [0.2, 0.25) is 0 Å². The van der Waals surface area contributed by atoms with Crippen molar-refractivity contribution < 1.29 is 13.6 Å². The first kappa shape index (κ1) is 15.8. The summed E-state index contributed by atoms with van der Waals surface area (Å²) >= 11 is 6.45. The van der Waals surface area contributed by atoms with E-state index in [-0.39, 0.29) is 5.91 Å². The third-order valence-electron chi connectivity index (χ3n) is 2.74. The Balaban J connectivity index is 1.96. The van der Waals surface area contributed by atoms with Gasteiger partial charge in [-0.2, -0.15) is 8.78 Å². The highest BCUT2D eigenvalue weighted by Gasteiger charge is 2.09. The predicted octanol–water partition coefficient (Wildman–Crippen LogP) is 4.58. The molecule has 6 heteroatoms. The second-order valence-electron chi connectivity index (χ2n) is 4.18. The van der Waals surface area contributed by atoms with Gasteiger partial charge in [-0.15, -0.1) is 0 Å². The molecule has 0 aliphatic carbocycles. The molecule has 21 heavy (non-hydrogen) atoms. The van der Waals surface area contributed by atoms with Gasteiger partial charge in [-0.3, -0.25) is 4.79 Å². The summed E-state index contributed by atoms with van der Waals surface area (Å²) < 4.78 is 24.4. The molecule has 2 nitrogen and oxygen atoms in total. The molecule has 0 aliphatic heterocycles. The molecule has 0 saturated carbocycles. The van der Waals surface area contributed by atoms with Crippen LogP contribution in [-0.2, 0) is 6.54 Å². The van der Waals surface area contributed by atoms with Crippen LogP contribution in [0.3, 0.4) is 0 Å². The Morgan fingerprint density at radius 1 is 1.14 bits per heavy atom. The Hall–Kier alpha value is -1.59. The zero-order valence-corrected chi connectivity index (χ0v) is 12.4. The highest BCUT2D eigenvalue weighted by atomic mass is 35.5. The molecular weight excluding hydrogens is 316 g/mol. The van der Waals surface area contributed by atoms with Gasteiger partial charge in [-0.1, -0.05) is 41.6 Å². The molecule has 0 saturated heterocycles. The van der Waals surface area contributed by atoms with Crippen molar-refractivity contribution in [1.29, 1.82) is 0 Å². The number of halogens is 3. The standard InChI is InChI=1S/C15H12ClF2NOS/c16-13-4-2-1-3-11(13)9-19-14(20)10-5-7-12(8-6-10)21-15(17)18/h1-8,15H,9H2,(H,19,20). The number of hydrogen-bond donors (Lipinski definition) is 1. The van der Waals surface area contributed by atoms with Crippen LogP contribution in [0.5, 0.6) is 0 Å². The molecule has 0 spiro atoms. The van der Waals surface area contributed by atoms with Crippen LogP contribution in [0.4, 0.5) is 8.78 Å². The average Bonchev–Trinajstić information content (AvgIpc) is 2.46. The van der Waals surface area contributed by atoms with Crippen molar-refractivity contribution in [2.24, 2.45) is 0 Å². The Labute approximate surface area is 130 Å². The van der Waals surface area contributed by atoms with Gasteiger partial charge in [0.15, 0.2) is 0 Å². The number of alkyl halides is 2. The molecule has 0 aliphatic rings. The van der Waals surface area contributed by atoms with Crippen LogP contribution in [0.25, 0.3) is 0 Å². The van der Waals surface area contributed by atoms with Crippen LogP contribution in [0.15, 0.2) is 53.4 Å². The van der Waals surface area contributed by atoms with Gasteiger partial charge in [-0.25, -0.2) is 0 Å². The van der Waals surface area contributed by atoms with E-state index in [1.54, 1.807) is 6.07 Å². The van der Waals surface area contributed by atoms with E-state index in [2.05, 4.69) is 5.32 Å². The number of hydrogen-bond acceptors (Lipinski definition) is 2. The van der Waals surface area contributed by atoms with Crippen LogP contribution in [-0.4, -0.2) is 11.7 Å². The molecule has 1 N–H and O–H groups in total. The fourth-order valence-corrected chi connectivity index (χ4v) is 2.41. The van der Waals surface area contributed by atoms with Crippen molar-refractivity contribution in [2.45, 2.75) is 17.2 Å². The van der Waals surface area contributed by atoms with Gasteiger partial charge in [-0.05, 0) is 35.9 Å². The molecule has 2 rings (SSSR count). The fraction of sp³-hybridized carbons (Fsp3) is 0.133. The van der Waals surface area contributed by atoms with Crippen LogP contribution >= 0.6 is 23.4 Å². The van der Waals surface area contributed by atoms with Crippen molar-refractivity contribution in [1.82, 2.24) is 5.32 Å². The molecule has 1 amide bonds. The highest BCUT2D eigenvalue weighted by Crippen LogP contribution is 2.25. The number of thioether (sulfide) groups is 1. The summed E-state index contributed by atoms with van der Waals surface area (Å²) in [5, 5.41) is 3.32. The zero-order chi connectivity index (χ0) is 15.2. The van der Waals surface area contributed by atoms with E-state index in [0.29, 0.717) is 33.8 Å². The number of carbonyl (C=O) groups excluding carboxylic acids is 1. The quantitative estimate of drug-likeness (QED) is 0.814. The molecule has 0 heterocycles. The lowest BCUT2D eigenvalue weighted by molar-refractivity contribution is 0.0951. The van der Waals surface area contributed by atoms with E-state index in [0.717, 1.165) is 5.56 Å². The van der Waals surface area contributed by atoms with Crippen LogP contribution in [0, 0.1) is 0 Å². The van der Waals surface area contributed by atoms with Crippen LogP contribution in [0.1, 0.15) is 15.9 Å². The topological polar surface area (TPSA) is 29.1 Å². The summed E-state index contributed by atoms with van der Waals surface area (Å²) in [6.07, 6.45) is 0. The van der Waals surface area contributed by atoms with Crippen molar-refractivity contribution in [3.05, 3.63) is 64.7 Å². The first-order valence-corrected chi connectivity index (χ1v) is 7.38. The van der Waals surface area contributed by atoms with Gasteiger partial charge >= 0.3 is 0 Å². The van der Waals surface area contributed by atoms with E-state index >= 15 is 0 Å². The van der Waals surface area contributed by atoms with Gasteiger partial charge in [0.1, 0.15) is 0 Å². The molecule has 0 atom stereocenters. The molecule has 0 unspecified atom stereocenters. The maximum Gasteiger partial charge on any atom is 0.288 e. The Kier molecular flexibility index (Phi) is 5.59. The average molecular weight is 328 g/mol. The lowest BCUT2D eigenvalue weighted by Crippen LogP contribution is -2.22. The summed E-state index contributed by atoms with van der Waals surface area (Å²) in [5.41, 5.74) is 1.23. The smallest absolute Gasteiger partial charge is 0.288 e. The molecule has 2 aromatic rings. The Morgan fingerprint density at radius 2 is 1.81 bits per heavy atom. The Morgan fingerprint density at radius 3 is 2.43 bits per heavy atom. The van der Waals surface area contributed by atoms with E-state index in [1.165, 1.54) is 24.3 Å². The summed E-state index contributed by atoms with van der Waals surface area (Å²) in [5.74, 6) is -2.74. The third kappa shape index (κ3) is 4.72. The lowest BCUT2D eigenvalue weighted by atomic mass is 10.2. The van der Waals surface area contributed by atoms with Gasteiger partial charge < -0.3 is 5.32 Å². The first-order valence-electron chi connectivity index (χ1n) is 6.13. The minimum absolute atomic E-state index is 0.275. The maximum absolute atomic E-state index is 12.2. The van der Waals surface area contributed by atoms with Gasteiger partial charge in [0, 0.05) is 22.0 Å². The van der Waals surface area contributed by atoms with Gasteiger partial charge in [0.25, 0.3) is 11.7 Å². The molecule has 0 aromatic heterocycles. The van der Waals surface area contributed by atoms with Crippen molar-refractivity contribution in [3.63, 3.8) is 0 Å². The first-order chi connectivity index (χ1) is 10.1. The summed E-state index contributed by atoms with van der Waals surface area (Å²) in [4.78, 5) is 12.4. The summed E-state index contributed by atoms with van der Waals surface area (Å²) in [7, 11) is 0. The fourth-order valence-electron chi connectivity index (χ4n) is 1.71. The highest BCUT2D eigenvalue weighted by molar-refractivity contribution is 7.99. The normalized spacial score (nSPS) is 10.7. The Bertz CT molecular complexity index is 619. The van der Waals surface area contributed by atoms with E-state index in [9.17, 15) is 13.6 Å². The molecule has 0 fully saturated rings. The number of amides is 1. The number of carbonyl (C=O) groups is 1. The maximum atomic E-state index is 12.2. The van der Waals surface area contributed by atoms with E-state index < -0.39 is 5.76 Å². The van der Waals surface area contributed by atoms with Crippen molar-refractivity contribution in [3.8, 4) is 0 Å². The second kappa shape index (κ2) is 7.43. The molecular formula is C15H12ClF2NOS. The SMILES string of the molecule is O=C(NCc1ccccc1Cl)c1ccc(SC(F)F)cc1. The van der Waals surface area contributed by atoms with E-state index in [4.69, 9.17) is 11.6 Å².